The SMILES string of the molecule is COCCOCCNC(C)c1c(C)nc(C)[nH]c1=O. The molecule has 6 nitrogen and oxygen atoms in total. The fraction of sp³-hybridized carbons (Fsp3) is 0.692. The molecule has 0 aliphatic carbocycles. The van der Waals surface area contributed by atoms with Crippen LogP contribution in [-0.2, 0) is 9.47 Å². The molecule has 0 spiro atoms. The summed E-state index contributed by atoms with van der Waals surface area (Å²) in [5.41, 5.74) is 1.37. The van der Waals surface area contributed by atoms with Crippen molar-refractivity contribution in [3.63, 3.8) is 0 Å². The van der Waals surface area contributed by atoms with Gasteiger partial charge in [0.1, 0.15) is 5.82 Å². The van der Waals surface area contributed by atoms with Crippen molar-refractivity contribution in [2.45, 2.75) is 26.8 Å². The van der Waals surface area contributed by atoms with Crippen LogP contribution in [0.25, 0.3) is 0 Å². The molecule has 0 amide bonds. The number of ether oxygens (including phenoxy) is 2. The Labute approximate surface area is 113 Å². The van der Waals surface area contributed by atoms with Crippen molar-refractivity contribution < 1.29 is 9.47 Å². The highest BCUT2D eigenvalue weighted by molar-refractivity contribution is 5.19. The zero-order valence-corrected chi connectivity index (χ0v) is 12.1. The van der Waals surface area contributed by atoms with E-state index in [-0.39, 0.29) is 11.6 Å². The Morgan fingerprint density at radius 1 is 1.32 bits per heavy atom. The van der Waals surface area contributed by atoms with Crippen molar-refractivity contribution in [3.8, 4) is 0 Å². The summed E-state index contributed by atoms with van der Waals surface area (Å²) in [6.45, 7) is 8.02. The maximum Gasteiger partial charge on any atom is 0.255 e. The van der Waals surface area contributed by atoms with Gasteiger partial charge in [-0.3, -0.25) is 4.79 Å². The summed E-state index contributed by atoms with van der Waals surface area (Å²) < 4.78 is 10.2. The normalized spacial score (nSPS) is 12.6. The molecule has 2 N–H and O–H groups in total. The molecular weight excluding hydrogens is 246 g/mol. The first kappa shape index (κ1) is 15.8. The maximum absolute atomic E-state index is 11.9. The number of nitrogens with zero attached hydrogens (tertiary/aromatic N) is 1. The number of nitrogens with one attached hydrogen (secondary N) is 2. The monoisotopic (exact) mass is 269 g/mol. The van der Waals surface area contributed by atoms with Gasteiger partial charge in [-0.05, 0) is 20.8 Å². The van der Waals surface area contributed by atoms with E-state index in [1.54, 1.807) is 14.0 Å². The van der Waals surface area contributed by atoms with E-state index in [0.29, 0.717) is 37.8 Å². The average Bonchev–Trinajstić information content (AvgIpc) is 2.32. The number of hydrogen-bond acceptors (Lipinski definition) is 5. The van der Waals surface area contributed by atoms with Gasteiger partial charge < -0.3 is 19.8 Å². The van der Waals surface area contributed by atoms with Crippen LogP contribution in [0.1, 0.15) is 30.0 Å². The highest BCUT2D eigenvalue weighted by atomic mass is 16.5. The fourth-order valence-corrected chi connectivity index (χ4v) is 1.94. The molecule has 1 heterocycles. The van der Waals surface area contributed by atoms with E-state index in [1.165, 1.54) is 0 Å². The van der Waals surface area contributed by atoms with Crippen molar-refractivity contribution in [2.24, 2.45) is 0 Å². The van der Waals surface area contributed by atoms with Crippen LogP contribution in [0.3, 0.4) is 0 Å². The highest BCUT2D eigenvalue weighted by Crippen LogP contribution is 2.10. The standard InChI is InChI=1S/C13H23N3O3/c1-9(14-5-6-19-8-7-18-4)12-10(2)15-11(3)16-13(12)17/h9,14H,5-8H2,1-4H3,(H,15,16,17). The summed E-state index contributed by atoms with van der Waals surface area (Å²) in [6, 6.07) is -0.0529. The third-order valence-corrected chi connectivity index (χ3v) is 2.83. The van der Waals surface area contributed by atoms with Gasteiger partial charge in [-0.25, -0.2) is 4.98 Å². The van der Waals surface area contributed by atoms with E-state index in [2.05, 4.69) is 15.3 Å². The number of methoxy groups -OCH3 is 1. The van der Waals surface area contributed by atoms with Crippen LogP contribution in [0.15, 0.2) is 4.79 Å². The van der Waals surface area contributed by atoms with Gasteiger partial charge in [0.05, 0.1) is 25.4 Å². The molecular formula is C13H23N3O3. The zero-order valence-electron chi connectivity index (χ0n) is 12.1. The summed E-state index contributed by atoms with van der Waals surface area (Å²) in [4.78, 5) is 18.9. The molecule has 19 heavy (non-hydrogen) atoms. The number of rotatable bonds is 8. The molecule has 108 valence electrons. The lowest BCUT2D eigenvalue weighted by atomic mass is 10.1. The molecule has 0 saturated heterocycles. The number of aromatic amines is 1. The van der Waals surface area contributed by atoms with Crippen LogP contribution in [0.5, 0.6) is 0 Å². The highest BCUT2D eigenvalue weighted by Gasteiger charge is 2.13. The minimum Gasteiger partial charge on any atom is -0.382 e. The Morgan fingerprint density at radius 2 is 2.05 bits per heavy atom. The Kier molecular flexibility index (Phi) is 6.69. The lowest BCUT2D eigenvalue weighted by Crippen LogP contribution is -2.30. The van der Waals surface area contributed by atoms with Crippen molar-refractivity contribution >= 4 is 0 Å². The van der Waals surface area contributed by atoms with Crippen LogP contribution >= 0.6 is 0 Å². The Morgan fingerprint density at radius 3 is 2.68 bits per heavy atom. The topological polar surface area (TPSA) is 76.2 Å². The molecule has 0 aliphatic heterocycles. The van der Waals surface area contributed by atoms with Gasteiger partial charge in [-0.15, -0.1) is 0 Å². The molecule has 1 atom stereocenters. The number of aryl methyl sites for hydroxylation is 2. The van der Waals surface area contributed by atoms with Gasteiger partial charge in [0.15, 0.2) is 0 Å². The molecule has 0 saturated carbocycles. The second-order valence-corrected chi connectivity index (χ2v) is 4.43. The van der Waals surface area contributed by atoms with E-state index in [4.69, 9.17) is 9.47 Å². The van der Waals surface area contributed by atoms with Crippen LogP contribution in [-0.4, -0.2) is 43.4 Å². The summed E-state index contributed by atoms with van der Waals surface area (Å²) in [6.07, 6.45) is 0. The fourth-order valence-electron chi connectivity index (χ4n) is 1.94. The predicted octanol–water partition coefficient (Wildman–Crippen LogP) is 0.700. The molecule has 1 aromatic heterocycles. The first-order valence-electron chi connectivity index (χ1n) is 6.43. The molecule has 0 aliphatic rings. The first-order valence-corrected chi connectivity index (χ1v) is 6.43. The molecule has 0 bridgehead atoms. The van der Waals surface area contributed by atoms with E-state index in [1.807, 2.05) is 13.8 Å². The number of aromatic nitrogens is 2. The molecule has 0 fully saturated rings. The summed E-state index contributed by atoms with van der Waals surface area (Å²) >= 11 is 0. The van der Waals surface area contributed by atoms with Gasteiger partial charge in [0, 0.05) is 25.4 Å². The summed E-state index contributed by atoms with van der Waals surface area (Å²) in [7, 11) is 1.64. The second-order valence-electron chi connectivity index (χ2n) is 4.43. The van der Waals surface area contributed by atoms with Crippen molar-refractivity contribution in [1.29, 1.82) is 0 Å². The minimum absolute atomic E-state index is 0.0529. The quantitative estimate of drug-likeness (QED) is 0.679. The molecule has 6 heteroatoms. The largest absolute Gasteiger partial charge is 0.382 e. The number of hydrogen-bond donors (Lipinski definition) is 2. The van der Waals surface area contributed by atoms with Crippen LogP contribution in [0.4, 0.5) is 0 Å². The van der Waals surface area contributed by atoms with E-state index in [0.717, 1.165) is 5.69 Å². The Bertz CT molecular complexity index is 445. The van der Waals surface area contributed by atoms with Gasteiger partial charge in [-0.2, -0.15) is 0 Å². The molecule has 1 rings (SSSR count). The average molecular weight is 269 g/mol. The summed E-state index contributed by atoms with van der Waals surface area (Å²) in [5, 5.41) is 3.25. The lowest BCUT2D eigenvalue weighted by molar-refractivity contribution is 0.0712. The van der Waals surface area contributed by atoms with E-state index < -0.39 is 0 Å². The van der Waals surface area contributed by atoms with Crippen molar-refractivity contribution in [3.05, 3.63) is 27.4 Å². The van der Waals surface area contributed by atoms with Crippen LogP contribution in [0.2, 0.25) is 0 Å². The van der Waals surface area contributed by atoms with Crippen LogP contribution < -0.4 is 10.9 Å². The van der Waals surface area contributed by atoms with Crippen molar-refractivity contribution in [1.82, 2.24) is 15.3 Å². The molecule has 0 radical (unpaired) electrons. The Hall–Kier alpha value is -1.24. The third kappa shape index (κ3) is 5.10. The Balaban J connectivity index is 2.46. The second kappa shape index (κ2) is 8.04. The van der Waals surface area contributed by atoms with Gasteiger partial charge in [0.25, 0.3) is 5.56 Å². The van der Waals surface area contributed by atoms with Crippen LogP contribution in [0, 0.1) is 13.8 Å². The minimum atomic E-state index is -0.0784. The van der Waals surface area contributed by atoms with Gasteiger partial charge in [-0.1, -0.05) is 0 Å². The van der Waals surface area contributed by atoms with Gasteiger partial charge >= 0.3 is 0 Å². The van der Waals surface area contributed by atoms with E-state index in [9.17, 15) is 4.79 Å². The molecule has 0 aromatic carbocycles. The molecule has 1 unspecified atom stereocenters. The lowest BCUT2D eigenvalue weighted by Gasteiger charge is -2.15. The third-order valence-electron chi connectivity index (χ3n) is 2.83. The predicted molar refractivity (Wildman–Crippen MR) is 73.4 cm³/mol. The van der Waals surface area contributed by atoms with Gasteiger partial charge in [0.2, 0.25) is 0 Å². The first-order chi connectivity index (χ1) is 9.06. The number of H-pyrrole nitrogens is 1. The van der Waals surface area contributed by atoms with Crippen molar-refractivity contribution in [2.75, 3.05) is 33.5 Å². The smallest absolute Gasteiger partial charge is 0.255 e. The molecule has 1 aromatic rings. The maximum atomic E-state index is 11.9. The summed E-state index contributed by atoms with van der Waals surface area (Å²) in [5.74, 6) is 0.640. The van der Waals surface area contributed by atoms with E-state index >= 15 is 0 Å². The zero-order chi connectivity index (χ0) is 14.3.